The van der Waals surface area contributed by atoms with E-state index in [-0.39, 0.29) is 12.5 Å². The summed E-state index contributed by atoms with van der Waals surface area (Å²) in [5.41, 5.74) is 0. The minimum Gasteiger partial charge on any atom is -0.480 e. The maximum Gasteiger partial charge on any atom is 0.327 e. The van der Waals surface area contributed by atoms with E-state index in [1.807, 2.05) is 0 Å². The molecular weight excluding hydrogens is 246 g/mol. The second-order valence-electron chi connectivity index (χ2n) is 5.49. The fourth-order valence-corrected chi connectivity index (χ4v) is 2.38. The molecule has 1 fully saturated rings. The van der Waals surface area contributed by atoms with Gasteiger partial charge in [0.1, 0.15) is 6.04 Å². The van der Waals surface area contributed by atoms with Gasteiger partial charge in [-0.05, 0) is 39.3 Å². The first-order valence-corrected chi connectivity index (χ1v) is 6.84. The van der Waals surface area contributed by atoms with Crippen molar-refractivity contribution in [3.63, 3.8) is 0 Å². The molecule has 3 N–H and O–H groups in total. The first kappa shape index (κ1) is 15.9. The van der Waals surface area contributed by atoms with Crippen molar-refractivity contribution in [3.8, 4) is 0 Å². The van der Waals surface area contributed by atoms with Crippen LogP contribution in [-0.4, -0.2) is 60.1 Å². The molecule has 6 heteroatoms. The molecule has 2 atom stereocenters. The number of carboxylic acids is 1. The van der Waals surface area contributed by atoms with E-state index in [9.17, 15) is 9.59 Å². The van der Waals surface area contributed by atoms with Crippen LogP contribution in [-0.2, 0) is 9.59 Å². The highest BCUT2D eigenvalue weighted by Gasteiger charge is 2.24. The van der Waals surface area contributed by atoms with Crippen molar-refractivity contribution < 1.29 is 14.7 Å². The summed E-state index contributed by atoms with van der Waals surface area (Å²) in [7, 11) is 0. The third-order valence-electron chi connectivity index (χ3n) is 3.50. The van der Waals surface area contributed by atoms with Crippen LogP contribution >= 0.6 is 0 Å². The van der Waals surface area contributed by atoms with E-state index in [4.69, 9.17) is 5.11 Å². The van der Waals surface area contributed by atoms with E-state index in [1.165, 1.54) is 6.92 Å². The predicted octanol–water partition coefficient (Wildman–Crippen LogP) is -0.104. The third-order valence-corrected chi connectivity index (χ3v) is 3.50. The van der Waals surface area contributed by atoms with E-state index < -0.39 is 12.0 Å². The highest BCUT2D eigenvalue weighted by molar-refractivity contribution is 5.82. The molecule has 1 amide bonds. The van der Waals surface area contributed by atoms with Gasteiger partial charge in [-0.2, -0.15) is 0 Å². The first-order chi connectivity index (χ1) is 8.90. The summed E-state index contributed by atoms with van der Waals surface area (Å²) >= 11 is 0. The lowest BCUT2D eigenvalue weighted by molar-refractivity contribution is -0.141. The Morgan fingerprint density at radius 1 is 1.42 bits per heavy atom. The Morgan fingerprint density at radius 2 is 2.11 bits per heavy atom. The van der Waals surface area contributed by atoms with Gasteiger partial charge in [0.15, 0.2) is 0 Å². The SMILES string of the molecule is CC(=O)NC(CNCC1CCN(C(C)C)C1)C(=O)O. The number of likely N-dealkylation sites (tertiary alicyclic amines) is 1. The minimum atomic E-state index is -1.00. The lowest BCUT2D eigenvalue weighted by atomic mass is 10.1. The number of aliphatic carboxylic acids is 1. The van der Waals surface area contributed by atoms with E-state index in [0.29, 0.717) is 12.0 Å². The predicted molar refractivity (Wildman–Crippen MR) is 72.9 cm³/mol. The van der Waals surface area contributed by atoms with Gasteiger partial charge >= 0.3 is 5.97 Å². The zero-order chi connectivity index (χ0) is 14.4. The van der Waals surface area contributed by atoms with Gasteiger partial charge in [0.25, 0.3) is 0 Å². The summed E-state index contributed by atoms with van der Waals surface area (Å²) < 4.78 is 0. The Kier molecular flexibility index (Phi) is 6.24. The van der Waals surface area contributed by atoms with Crippen LogP contribution in [0.3, 0.4) is 0 Å². The topological polar surface area (TPSA) is 81.7 Å². The average molecular weight is 271 g/mol. The van der Waals surface area contributed by atoms with Crippen molar-refractivity contribution in [2.75, 3.05) is 26.2 Å². The normalized spacial score (nSPS) is 21.6. The second-order valence-corrected chi connectivity index (χ2v) is 5.49. The molecule has 0 aromatic carbocycles. The van der Waals surface area contributed by atoms with Crippen LogP contribution in [0.5, 0.6) is 0 Å². The Morgan fingerprint density at radius 3 is 2.58 bits per heavy atom. The average Bonchev–Trinajstić information content (AvgIpc) is 2.75. The highest BCUT2D eigenvalue weighted by Crippen LogP contribution is 2.17. The lowest BCUT2D eigenvalue weighted by Crippen LogP contribution is -2.47. The molecule has 2 unspecified atom stereocenters. The molecule has 0 bridgehead atoms. The number of carbonyl (C=O) groups is 2. The number of carbonyl (C=O) groups excluding carboxylic acids is 1. The number of amides is 1. The molecule has 1 saturated heterocycles. The van der Waals surface area contributed by atoms with Crippen LogP contribution in [0.15, 0.2) is 0 Å². The molecule has 0 aromatic heterocycles. The fourth-order valence-electron chi connectivity index (χ4n) is 2.38. The van der Waals surface area contributed by atoms with Gasteiger partial charge in [0, 0.05) is 26.1 Å². The number of nitrogens with zero attached hydrogens (tertiary/aromatic N) is 1. The van der Waals surface area contributed by atoms with Gasteiger partial charge in [0.05, 0.1) is 0 Å². The monoisotopic (exact) mass is 271 g/mol. The van der Waals surface area contributed by atoms with Crippen molar-refractivity contribution >= 4 is 11.9 Å². The maximum atomic E-state index is 10.9. The molecule has 0 aliphatic carbocycles. The molecule has 19 heavy (non-hydrogen) atoms. The van der Waals surface area contributed by atoms with Crippen molar-refractivity contribution in [2.45, 2.75) is 39.3 Å². The Bertz CT molecular complexity index is 320. The van der Waals surface area contributed by atoms with E-state index in [1.54, 1.807) is 0 Å². The molecular formula is C13H25N3O3. The maximum absolute atomic E-state index is 10.9. The number of nitrogens with one attached hydrogen (secondary N) is 2. The zero-order valence-electron chi connectivity index (χ0n) is 12.0. The van der Waals surface area contributed by atoms with E-state index >= 15 is 0 Å². The minimum absolute atomic E-state index is 0.271. The van der Waals surface area contributed by atoms with Crippen LogP contribution < -0.4 is 10.6 Å². The van der Waals surface area contributed by atoms with Crippen molar-refractivity contribution in [3.05, 3.63) is 0 Å². The van der Waals surface area contributed by atoms with Crippen molar-refractivity contribution in [1.82, 2.24) is 15.5 Å². The largest absolute Gasteiger partial charge is 0.480 e. The zero-order valence-corrected chi connectivity index (χ0v) is 12.0. The molecule has 1 aliphatic heterocycles. The molecule has 0 saturated carbocycles. The van der Waals surface area contributed by atoms with Crippen molar-refractivity contribution in [2.24, 2.45) is 5.92 Å². The van der Waals surface area contributed by atoms with Gasteiger partial charge < -0.3 is 20.6 Å². The summed E-state index contributed by atoms with van der Waals surface area (Å²) in [6.45, 7) is 8.94. The summed E-state index contributed by atoms with van der Waals surface area (Å²) in [6, 6.07) is -0.281. The van der Waals surface area contributed by atoms with E-state index in [2.05, 4.69) is 29.4 Å². The highest BCUT2D eigenvalue weighted by atomic mass is 16.4. The molecule has 1 aliphatic rings. The number of hydrogen-bond donors (Lipinski definition) is 3. The van der Waals surface area contributed by atoms with Crippen molar-refractivity contribution in [1.29, 1.82) is 0 Å². The van der Waals surface area contributed by atoms with Gasteiger partial charge in [-0.3, -0.25) is 4.79 Å². The van der Waals surface area contributed by atoms with Crippen LogP contribution in [0.2, 0.25) is 0 Å². The fraction of sp³-hybridized carbons (Fsp3) is 0.846. The van der Waals surface area contributed by atoms with Gasteiger partial charge in [-0.15, -0.1) is 0 Å². The van der Waals surface area contributed by atoms with Crippen LogP contribution in [0.1, 0.15) is 27.2 Å². The quantitative estimate of drug-likeness (QED) is 0.602. The summed E-state index contributed by atoms with van der Waals surface area (Å²) in [6.07, 6.45) is 1.14. The van der Waals surface area contributed by atoms with Gasteiger partial charge in [-0.25, -0.2) is 4.79 Å². The Labute approximate surface area is 114 Å². The van der Waals surface area contributed by atoms with Crippen LogP contribution in [0.4, 0.5) is 0 Å². The smallest absolute Gasteiger partial charge is 0.327 e. The Balaban J connectivity index is 2.25. The van der Waals surface area contributed by atoms with Crippen LogP contribution in [0.25, 0.3) is 0 Å². The standard InChI is InChI=1S/C13H25N3O3/c1-9(2)16-5-4-11(8-16)6-14-7-12(13(18)19)15-10(3)17/h9,11-12,14H,4-8H2,1-3H3,(H,15,17)(H,18,19). The second kappa shape index (κ2) is 7.45. The number of carboxylic acid groups (broad SMARTS) is 1. The van der Waals surface area contributed by atoms with Gasteiger partial charge in [-0.1, -0.05) is 0 Å². The van der Waals surface area contributed by atoms with E-state index in [0.717, 1.165) is 26.1 Å². The third kappa shape index (κ3) is 5.57. The first-order valence-electron chi connectivity index (χ1n) is 6.84. The lowest BCUT2D eigenvalue weighted by Gasteiger charge is -2.20. The number of rotatable bonds is 7. The molecule has 1 rings (SSSR count). The molecule has 6 nitrogen and oxygen atoms in total. The number of hydrogen-bond acceptors (Lipinski definition) is 4. The molecule has 0 aromatic rings. The molecule has 0 spiro atoms. The molecule has 110 valence electrons. The van der Waals surface area contributed by atoms with Crippen LogP contribution in [0, 0.1) is 5.92 Å². The molecule has 1 heterocycles. The van der Waals surface area contributed by atoms with Gasteiger partial charge in [0.2, 0.25) is 5.91 Å². The summed E-state index contributed by atoms with van der Waals surface area (Å²) in [5, 5.41) is 14.5. The molecule has 0 radical (unpaired) electrons. The Hall–Kier alpha value is -1.14. The summed E-state index contributed by atoms with van der Waals surface area (Å²) in [5.74, 6) is -0.756. The summed E-state index contributed by atoms with van der Waals surface area (Å²) in [4.78, 5) is 24.3.